The van der Waals surface area contributed by atoms with Gasteiger partial charge in [0.2, 0.25) is 0 Å². The molecular weight excluding hydrogens is 615 g/mol. The van der Waals surface area contributed by atoms with E-state index in [1.54, 1.807) is 21.4 Å². The quantitative estimate of drug-likeness (QED) is 0.182. The number of rotatable bonds is 2. The Labute approximate surface area is 227 Å². The van der Waals surface area contributed by atoms with Gasteiger partial charge in [-0.1, -0.05) is 77.8 Å². The molecule has 6 aromatic rings. The molecule has 6 nitrogen and oxygen atoms in total. The van der Waals surface area contributed by atoms with E-state index in [4.69, 9.17) is 23.2 Å². The lowest BCUT2D eigenvalue weighted by Crippen LogP contribution is -1.95. The second-order valence-electron chi connectivity index (χ2n) is 7.56. The van der Waals surface area contributed by atoms with Crippen molar-refractivity contribution < 1.29 is 0 Å². The van der Waals surface area contributed by atoms with Crippen LogP contribution in [0.1, 0.15) is 5.56 Å². The van der Waals surface area contributed by atoms with Crippen LogP contribution in [0, 0.1) is 6.92 Å². The van der Waals surface area contributed by atoms with Crippen molar-refractivity contribution in [3.05, 3.63) is 104 Å². The normalized spacial score (nSPS) is 11.0. The van der Waals surface area contributed by atoms with Gasteiger partial charge in [0.05, 0.1) is 32.7 Å². The van der Waals surface area contributed by atoms with Crippen molar-refractivity contribution in [3.63, 3.8) is 0 Å². The van der Waals surface area contributed by atoms with Crippen molar-refractivity contribution >= 4 is 66.4 Å². The van der Waals surface area contributed by atoms with Crippen molar-refractivity contribution in [2.24, 2.45) is 0 Å². The molecule has 0 saturated carbocycles. The van der Waals surface area contributed by atoms with Crippen LogP contribution >= 0.6 is 55.1 Å². The third-order valence-electron chi connectivity index (χ3n) is 5.26. The van der Waals surface area contributed by atoms with Crippen LogP contribution in [0.5, 0.6) is 0 Å². The summed E-state index contributed by atoms with van der Waals surface area (Å²) in [7, 11) is 0. The van der Waals surface area contributed by atoms with Crippen LogP contribution in [0.25, 0.3) is 33.8 Å². The molecule has 10 heteroatoms. The van der Waals surface area contributed by atoms with Gasteiger partial charge < -0.3 is 0 Å². The molecule has 4 aromatic heterocycles. The smallest absolute Gasteiger partial charge is 0.171 e. The van der Waals surface area contributed by atoms with Gasteiger partial charge in [-0.15, -0.1) is 0 Å². The zero-order chi connectivity index (χ0) is 24.5. The highest BCUT2D eigenvalue weighted by atomic mass is 79.9. The van der Waals surface area contributed by atoms with Crippen molar-refractivity contribution in [1.29, 1.82) is 0 Å². The fraction of sp³-hybridized carbons (Fsp3) is 0.0400. The largest absolute Gasteiger partial charge is 0.227 e. The molecule has 0 bridgehead atoms. The van der Waals surface area contributed by atoms with E-state index in [1.807, 2.05) is 60.7 Å². The third kappa shape index (κ3) is 4.84. The second-order valence-corrected chi connectivity index (χ2v) is 10.0. The summed E-state index contributed by atoms with van der Waals surface area (Å²) >= 11 is 19.2. The minimum absolute atomic E-state index is 0.541. The Kier molecular flexibility index (Phi) is 6.88. The number of hydrogen-bond acceptors (Lipinski definition) is 4. The number of halogens is 4. The first kappa shape index (κ1) is 23.9. The number of fused-ring (bicyclic) bond motifs is 2. The van der Waals surface area contributed by atoms with E-state index in [0.717, 1.165) is 42.8 Å². The van der Waals surface area contributed by atoms with Crippen LogP contribution < -0.4 is 0 Å². The predicted octanol–water partition coefficient (Wildman–Crippen LogP) is 7.93. The van der Waals surface area contributed by atoms with Crippen LogP contribution in [-0.2, 0) is 0 Å². The number of benzene rings is 2. The van der Waals surface area contributed by atoms with E-state index in [-0.39, 0.29) is 0 Å². The number of aromatic nitrogens is 6. The van der Waals surface area contributed by atoms with Crippen molar-refractivity contribution in [2.45, 2.75) is 6.92 Å². The Balaban J connectivity index is 0.000000145. The standard InChI is InChI=1S/C13H9BrClN3.C12H7BrClN3/c1-8-4-2-3-5-9(8)11-6-12(15)18-13(17-11)10(14)7-16-18;13-9-7-15-17-11(14)6-10(16-12(9)17)8-4-2-1-3-5-8/h2-7H,1H3;1-7H. The molecule has 6 rings (SSSR count). The van der Waals surface area contributed by atoms with Gasteiger partial charge in [-0.3, -0.25) is 0 Å². The molecule has 0 radical (unpaired) electrons. The van der Waals surface area contributed by atoms with E-state index in [0.29, 0.717) is 10.3 Å². The average molecular weight is 631 g/mol. The molecule has 0 unspecified atom stereocenters. The first-order valence-corrected chi connectivity index (χ1v) is 12.8. The van der Waals surface area contributed by atoms with Crippen LogP contribution in [-0.4, -0.2) is 29.2 Å². The Hall–Kier alpha value is -2.78. The van der Waals surface area contributed by atoms with E-state index < -0.39 is 0 Å². The maximum absolute atomic E-state index is 6.22. The van der Waals surface area contributed by atoms with Crippen molar-refractivity contribution in [1.82, 2.24) is 29.2 Å². The molecule has 35 heavy (non-hydrogen) atoms. The Morgan fingerprint density at radius 2 is 1.20 bits per heavy atom. The van der Waals surface area contributed by atoms with Crippen molar-refractivity contribution in [3.8, 4) is 22.5 Å². The number of nitrogens with zero attached hydrogens (tertiary/aromatic N) is 6. The van der Waals surface area contributed by atoms with Gasteiger partial charge in [-0.2, -0.15) is 10.2 Å². The van der Waals surface area contributed by atoms with Gasteiger partial charge in [-0.25, -0.2) is 19.0 Å². The summed E-state index contributed by atoms with van der Waals surface area (Å²) in [5.74, 6) is 0. The summed E-state index contributed by atoms with van der Waals surface area (Å²) in [5.41, 5.74) is 6.41. The summed E-state index contributed by atoms with van der Waals surface area (Å²) < 4.78 is 4.86. The Morgan fingerprint density at radius 3 is 1.80 bits per heavy atom. The maximum Gasteiger partial charge on any atom is 0.171 e. The van der Waals surface area contributed by atoms with E-state index in [2.05, 4.69) is 65.0 Å². The fourth-order valence-corrected chi connectivity index (χ4v) is 4.70. The second kappa shape index (κ2) is 10.1. The minimum atomic E-state index is 0.541. The highest BCUT2D eigenvalue weighted by Gasteiger charge is 2.11. The first-order valence-electron chi connectivity index (χ1n) is 10.4. The monoisotopic (exact) mass is 628 g/mol. The zero-order valence-corrected chi connectivity index (χ0v) is 22.9. The molecule has 0 aliphatic carbocycles. The van der Waals surface area contributed by atoms with Crippen molar-refractivity contribution in [2.75, 3.05) is 0 Å². The summed E-state index contributed by atoms with van der Waals surface area (Å²) in [4.78, 5) is 9.13. The average Bonchev–Trinajstić information content (AvgIpc) is 3.43. The number of hydrogen-bond donors (Lipinski definition) is 0. The minimum Gasteiger partial charge on any atom is -0.227 e. The highest BCUT2D eigenvalue weighted by molar-refractivity contribution is 9.11. The lowest BCUT2D eigenvalue weighted by atomic mass is 10.1. The molecule has 2 aromatic carbocycles. The molecule has 0 amide bonds. The first-order chi connectivity index (χ1) is 16.9. The molecule has 174 valence electrons. The van der Waals surface area contributed by atoms with Gasteiger partial charge in [0.1, 0.15) is 10.3 Å². The highest BCUT2D eigenvalue weighted by Crippen LogP contribution is 2.28. The SMILES string of the molecule is Cc1ccccc1-c1cc(Cl)n2ncc(Br)c2n1.Clc1cc(-c2ccccc2)nc2c(Br)cnn12. The van der Waals surface area contributed by atoms with Gasteiger partial charge in [0.25, 0.3) is 0 Å². The topological polar surface area (TPSA) is 60.4 Å². The molecule has 0 atom stereocenters. The van der Waals surface area contributed by atoms with Crippen LogP contribution in [0.4, 0.5) is 0 Å². The summed E-state index contributed by atoms with van der Waals surface area (Å²) in [6.07, 6.45) is 3.37. The molecule has 0 aliphatic heterocycles. The molecule has 0 fully saturated rings. The molecule has 0 N–H and O–H groups in total. The van der Waals surface area contributed by atoms with Gasteiger partial charge in [0, 0.05) is 23.3 Å². The molecular formula is C25H16Br2Cl2N6. The third-order valence-corrected chi connectivity index (χ3v) is 6.92. The molecule has 4 heterocycles. The summed E-state index contributed by atoms with van der Waals surface area (Å²) in [6.45, 7) is 2.06. The zero-order valence-electron chi connectivity index (χ0n) is 18.2. The fourth-order valence-electron chi connectivity index (χ4n) is 3.55. The molecule has 0 saturated heterocycles. The summed E-state index contributed by atoms with van der Waals surface area (Å²) in [5, 5.41) is 9.36. The van der Waals surface area contributed by atoms with Gasteiger partial charge in [0.15, 0.2) is 11.3 Å². The summed E-state index contributed by atoms with van der Waals surface area (Å²) in [6, 6.07) is 21.6. The van der Waals surface area contributed by atoms with E-state index in [9.17, 15) is 0 Å². The van der Waals surface area contributed by atoms with Crippen LogP contribution in [0.3, 0.4) is 0 Å². The maximum atomic E-state index is 6.22. The molecule has 0 spiro atoms. The molecule has 0 aliphatic rings. The van der Waals surface area contributed by atoms with Gasteiger partial charge in [-0.05, 0) is 44.3 Å². The Morgan fingerprint density at radius 1 is 0.686 bits per heavy atom. The predicted molar refractivity (Wildman–Crippen MR) is 147 cm³/mol. The van der Waals surface area contributed by atoms with E-state index >= 15 is 0 Å². The van der Waals surface area contributed by atoms with Gasteiger partial charge >= 0.3 is 0 Å². The lowest BCUT2D eigenvalue weighted by molar-refractivity contribution is 0.941. The number of aryl methyl sites for hydroxylation is 1. The van der Waals surface area contributed by atoms with Crippen LogP contribution in [0.2, 0.25) is 10.3 Å². The van der Waals surface area contributed by atoms with Crippen LogP contribution in [0.15, 0.2) is 88.1 Å². The lowest BCUT2D eigenvalue weighted by Gasteiger charge is -2.06. The van der Waals surface area contributed by atoms with E-state index in [1.165, 1.54) is 5.56 Å². The Bertz CT molecular complexity index is 1660.